The minimum Gasteiger partial charge on any atom is -0.394 e. The molecule has 7 heteroatoms. The highest BCUT2D eigenvalue weighted by molar-refractivity contribution is 5.86. The largest absolute Gasteiger partial charge is 0.394 e. The Morgan fingerprint density at radius 2 is 2.08 bits per heavy atom. The number of para-hydroxylation sites is 1. The zero-order valence-corrected chi connectivity index (χ0v) is 14.1. The van der Waals surface area contributed by atoms with Crippen molar-refractivity contribution in [2.75, 3.05) is 36.5 Å². The Bertz CT molecular complexity index is 862. The van der Waals surface area contributed by atoms with E-state index in [1.165, 1.54) is 17.6 Å². The van der Waals surface area contributed by atoms with Gasteiger partial charge in [-0.05, 0) is 24.5 Å². The van der Waals surface area contributed by atoms with E-state index in [9.17, 15) is 0 Å². The normalized spacial score (nSPS) is 13.4. The van der Waals surface area contributed by atoms with E-state index in [0.29, 0.717) is 6.54 Å². The van der Waals surface area contributed by atoms with Gasteiger partial charge in [-0.3, -0.25) is 0 Å². The van der Waals surface area contributed by atoms with E-state index in [2.05, 4.69) is 49.5 Å². The molecule has 25 heavy (non-hydrogen) atoms. The Balaban J connectivity index is 1.36. The molecule has 7 nitrogen and oxygen atoms in total. The molecule has 0 aliphatic carbocycles. The number of hydrogen-bond donors (Lipinski definition) is 2. The lowest BCUT2D eigenvalue weighted by Crippen LogP contribution is -2.23. The van der Waals surface area contributed by atoms with Crippen LogP contribution in [-0.2, 0) is 13.0 Å². The summed E-state index contributed by atoms with van der Waals surface area (Å²) in [5.41, 5.74) is 3.57. The van der Waals surface area contributed by atoms with E-state index in [4.69, 9.17) is 5.11 Å². The van der Waals surface area contributed by atoms with Gasteiger partial charge in [0.05, 0.1) is 24.7 Å². The lowest BCUT2D eigenvalue weighted by atomic mass is 10.2. The van der Waals surface area contributed by atoms with Crippen molar-refractivity contribution in [1.29, 1.82) is 0 Å². The highest BCUT2D eigenvalue weighted by Crippen LogP contribution is 2.27. The monoisotopic (exact) mass is 338 g/mol. The number of anilines is 2. The molecule has 0 saturated carbocycles. The molecule has 0 bridgehead atoms. The van der Waals surface area contributed by atoms with E-state index >= 15 is 0 Å². The molecule has 0 amide bonds. The zero-order chi connectivity index (χ0) is 17.1. The number of hydrogen-bond acceptors (Lipinski definition) is 6. The third-order valence-electron chi connectivity index (χ3n) is 4.63. The van der Waals surface area contributed by atoms with Crippen LogP contribution in [0.5, 0.6) is 0 Å². The molecule has 0 atom stereocenters. The summed E-state index contributed by atoms with van der Waals surface area (Å²) in [5, 5.41) is 17.6. The van der Waals surface area contributed by atoms with E-state index < -0.39 is 0 Å². The van der Waals surface area contributed by atoms with Crippen LogP contribution in [0.4, 0.5) is 11.5 Å². The van der Waals surface area contributed by atoms with Gasteiger partial charge in [0.1, 0.15) is 12.1 Å². The second-order valence-electron chi connectivity index (χ2n) is 6.20. The number of rotatable bonds is 7. The number of aliphatic hydroxyl groups excluding tert-OH is 1. The highest BCUT2D eigenvalue weighted by Gasteiger charge is 2.17. The molecule has 0 spiro atoms. The summed E-state index contributed by atoms with van der Waals surface area (Å²) in [6.45, 7) is 3.46. The van der Waals surface area contributed by atoms with Gasteiger partial charge in [-0.15, -0.1) is 0 Å². The quantitative estimate of drug-likeness (QED) is 0.638. The van der Waals surface area contributed by atoms with Crippen molar-refractivity contribution in [2.45, 2.75) is 19.4 Å². The minimum atomic E-state index is 0.0425. The van der Waals surface area contributed by atoms with Gasteiger partial charge < -0.3 is 15.3 Å². The minimum absolute atomic E-state index is 0.0425. The van der Waals surface area contributed by atoms with Gasteiger partial charge in [-0.2, -0.15) is 5.10 Å². The summed E-state index contributed by atoms with van der Waals surface area (Å²) in [5.74, 6) is 0.802. The smallest absolute Gasteiger partial charge is 0.163 e. The first-order valence-corrected chi connectivity index (χ1v) is 8.71. The summed E-state index contributed by atoms with van der Waals surface area (Å²) in [7, 11) is 0. The molecule has 0 unspecified atom stereocenters. The Morgan fingerprint density at radius 3 is 3.00 bits per heavy atom. The maximum Gasteiger partial charge on any atom is 0.163 e. The number of aliphatic hydroxyl groups is 1. The lowest BCUT2D eigenvalue weighted by Gasteiger charge is -2.19. The number of aromatic nitrogens is 4. The van der Waals surface area contributed by atoms with Crippen LogP contribution in [0.1, 0.15) is 12.0 Å². The average molecular weight is 338 g/mol. The fourth-order valence-electron chi connectivity index (χ4n) is 3.41. The Hall–Kier alpha value is -2.67. The van der Waals surface area contributed by atoms with Gasteiger partial charge >= 0.3 is 0 Å². The maximum atomic E-state index is 9.09. The van der Waals surface area contributed by atoms with Gasteiger partial charge in [0.25, 0.3) is 0 Å². The van der Waals surface area contributed by atoms with E-state index in [0.717, 1.165) is 49.3 Å². The van der Waals surface area contributed by atoms with Crippen molar-refractivity contribution in [2.24, 2.45) is 0 Å². The molecule has 1 aromatic carbocycles. The van der Waals surface area contributed by atoms with Crippen molar-refractivity contribution in [3.63, 3.8) is 0 Å². The van der Waals surface area contributed by atoms with Crippen molar-refractivity contribution >= 4 is 22.5 Å². The maximum absolute atomic E-state index is 9.09. The van der Waals surface area contributed by atoms with E-state index in [-0.39, 0.29) is 6.61 Å². The number of benzene rings is 1. The molecule has 2 aromatic heterocycles. The van der Waals surface area contributed by atoms with Crippen LogP contribution in [0, 0.1) is 0 Å². The van der Waals surface area contributed by atoms with Crippen molar-refractivity contribution in [3.8, 4) is 0 Å². The zero-order valence-electron chi connectivity index (χ0n) is 14.1. The fourth-order valence-corrected chi connectivity index (χ4v) is 3.41. The van der Waals surface area contributed by atoms with Crippen LogP contribution in [0.25, 0.3) is 11.0 Å². The lowest BCUT2D eigenvalue weighted by molar-refractivity contribution is 0.271. The van der Waals surface area contributed by atoms with Crippen molar-refractivity contribution < 1.29 is 5.11 Å². The molecule has 0 fully saturated rings. The van der Waals surface area contributed by atoms with E-state index in [1.807, 2.05) is 0 Å². The molecule has 0 radical (unpaired) electrons. The SMILES string of the molecule is OCCn1ncc2c(NCCCN3CCc4ccccc43)ncnc21. The second-order valence-corrected chi connectivity index (χ2v) is 6.20. The van der Waals surface area contributed by atoms with E-state index in [1.54, 1.807) is 10.9 Å². The molecule has 130 valence electrons. The average Bonchev–Trinajstić information content (AvgIpc) is 3.24. The number of fused-ring (bicyclic) bond motifs is 2. The third kappa shape index (κ3) is 3.15. The van der Waals surface area contributed by atoms with Crippen molar-refractivity contribution in [1.82, 2.24) is 19.7 Å². The predicted molar refractivity (Wildman–Crippen MR) is 97.9 cm³/mol. The standard InChI is InChI=1S/C18H22N6O/c25-11-10-24-18-15(12-22-24)17(20-13-21-18)19-7-3-8-23-9-6-14-4-1-2-5-16(14)23/h1-2,4-5,12-13,25H,3,6-11H2,(H,19,20,21). The van der Waals surface area contributed by atoms with Gasteiger partial charge in [-0.25, -0.2) is 14.6 Å². The van der Waals surface area contributed by atoms with Gasteiger partial charge in [0, 0.05) is 25.3 Å². The summed E-state index contributed by atoms with van der Waals surface area (Å²) in [6, 6.07) is 8.65. The second kappa shape index (κ2) is 7.06. The molecule has 1 aliphatic heterocycles. The topological polar surface area (TPSA) is 79.1 Å². The van der Waals surface area contributed by atoms with Gasteiger partial charge in [0.2, 0.25) is 0 Å². The Labute approximate surface area is 146 Å². The van der Waals surface area contributed by atoms with Crippen LogP contribution in [0.2, 0.25) is 0 Å². The molecule has 1 aliphatic rings. The summed E-state index contributed by atoms with van der Waals surface area (Å²) in [4.78, 5) is 11.1. The van der Waals surface area contributed by atoms with Crippen molar-refractivity contribution in [3.05, 3.63) is 42.4 Å². The first kappa shape index (κ1) is 15.8. The van der Waals surface area contributed by atoms with Crippen LogP contribution in [0.15, 0.2) is 36.8 Å². The molecule has 4 rings (SSSR count). The molecular weight excluding hydrogens is 316 g/mol. The molecule has 3 heterocycles. The van der Waals surface area contributed by atoms with Crippen LogP contribution >= 0.6 is 0 Å². The first-order chi connectivity index (χ1) is 12.4. The number of nitrogens with one attached hydrogen (secondary N) is 1. The third-order valence-corrected chi connectivity index (χ3v) is 4.63. The summed E-state index contributed by atoms with van der Waals surface area (Å²) in [6.07, 6.45) is 5.46. The van der Waals surface area contributed by atoms with Crippen LogP contribution in [0.3, 0.4) is 0 Å². The number of nitrogens with zero attached hydrogens (tertiary/aromatic N) is 5. The Morgan fingerprint density at radius 1 is 1.16 bits per heavy atom. The Kier molecular flexibility index (Phi) is 4.47. The predicted octanol–water partition coefficient (Wildman–Crippen LogP) is 1.68. The molecule has 3 aromatic rings. The molecule has 0 saturated heterocycles. The first-order valence-electron chi connectivity index (χ1n) is 8.71. The summed E-state index contributed by atoms with van der Waals surface area (Å²) >= 11 is 0. The van der Waals surface area contributed by atoms with Gasteiger partial charge in [-0.1, -0.05) is 18.2 Å². The highest BCUT2D eigenvalue weighted by atomic mass is 16.3. The molecule has 2 N–H and O–H groups in total. The summed E-state index contributed by atoms with van der Waals surface area (Å²) < 4.78 is 1.70. The fraction of sp³-hybridized carbons (Fsp3) is 0.389. The van der Waals surface area contributed by atoms with Crippen LogP contribution < -0.4 is 10.2 Å². The van der Waals surface area contributed by atoms with Gasteiger partial charge in [0.15, 0.2) is 5.65 Å². The van der Waals surface area contributed by atoms with Crippen LogP contribution in [-0.4, -0.2) is 51.1 Å². The molecular formula is C18H22N6O.